The number of allylic oxidation sites excluding steroid dienone is 1. The van der Waals surface area contributed by atoms with Gasteiger partial charge < -0.3 is 10.0 Å². The zero-order valence-corrected chi connectivity index (χ0v) is 23.3. The van der Waals surface area contributed by atoms with E-state index in [1.165, 1.54) is 5.56 Å². The van der Waals surface area contributed by atoms with Crippen molar-refractivity contribution in [2.24, 2.45) is 0 Å². The molecule has 4 unspecified atom stereocenters. The number of amides is 1. The van der Waals surface area contributed by atoms with Crippen LogP contribution in [0, 0.1) is 0 Å². The number of hydrogen-bond acceptors (Lipinski definition) is 4. The smallest absolute Gasteiger partial charge is 0.253 e. The van der Waals surface area contributed by atoms with Crippen molar-refractivity contribution in [2.45, 2.75) is 71.8 Å². The lowest BCUT2D eigenvalue weighted by molar-refractivity contribution is -0.126. The van der Waals surface area contributed by atoms with Crippen molar-refractivity contribution in [3.63, 3.8) is 0 Å². The van der Waals surface area contributed by atoms with Crippen LogP contribution in [0.4, 0.5) is 0 Å². The van der Waals surface area contributed by atoms with E-state index in [9.17, 15) is 9.90 Å². The van der Waals surface area contributed by atoms with Crippen molar-refractivity contribution in [3.05, 3.63) is 95.6 Å². The molecule has 5 nitrogen and oxygen atoms in total. The fourth-order valence-electron chi connectivity index (χ4n) is 5.40. The van der Waals surface area contributed by atoms with Crippen molar-refractivity contribution >= 4 is 5.91 Å². The molecule has 0 spiro atoms. The van der Waals surface area contributed by atoms with E-state index in [-0.39, 0.29) is 11.9 Å². The molecule has 1 fully saturated rings. The Balaban J connectivity index is 1.86. The molecule has 1 aliphatic heterocycles. The summed E-state index contributed by atoms with van der Waals surface area (Å²) in [6, 6.07) is 11.3. The first-order valence-electron chi connectivity index (χ1n) is 13.7. The van der Waals surface area contributed by atoms with Crippen LogP contribution in [0.1, 0.15) is 46.6 Å². The minimum absolute atomic E-state index is 0.0138. The van der Waals surface area contributed by atoms with E-state index in [0.29, 0.717) is 37.2 Å². The Labute approximate surface area is 224 Å². The molecule has 5 heteroatoms. The summed E-state index contributed by atoms with van der Waals surface area (Å²) in [6.45, 7) is 18.8. The van der Waals surface area contributed by atoms with E-state index in [1.807, 2.05) is 39.0 Å². The van der Waals surface area contributed by atoms with Gasteiger partial charge in [0.05, 0.1) is 12.1 Å². The van der Waals surface area contributed by atoms with Crippen LogP contribution in [-0.2, 0) is 11.3 Å². The third kappa shape index (κ3) is 7.41. The monoisotopic (exact) mass is 503 g/mol. The number of carbonyl (C=O) groups excluding carboxylic acids is 1. The fourth-order valence-corrected chi connectivity index (χ4v) is 5.40. The van der Waals surface area contributed by atoms with Gasteiger partial charge in [0.15, 0.2) is 0 Å². The maximum absolute atomic E-state index is 12.8. The van der Waals surface area contributed by atoms with Crippen molar-refractivity contribution in [1.82, 2.24) is 14.7 Å². The second-order valence-electron chi connectivity index (χ2n) is 10.2. The maximum Gasteiger partial charge on any atom is 0.253 e. The quantitative estimate of drug-likeness (QED) is 0.355. The molecule has 0 aromatic heterocycles. The summed E-state index contributed by atoms with van der Waals surface area (Å²) >= 11 is 0. The average Bonchev–Trinajstić information content (AvgIpc) is 2.89. The molecule has 1 N–H and O–H groups in total. The summed E-state index contributed by atoms with van der Waals surface area (Å²) in [6.07, 6.45) is 12.4. The van der Waals surface area contributed by atoms with E-state index < -0.39 is 6.10 Å². The van der Waals surface area contributed by atoms with Crippen molar-refractivity contribution in [2.75, 3.05) is 26.2 Å². The summed E-state index contributed by atoms with van der Waals surface area (Å²) < 4.78 is 0. The van der Waals surface area contributed by atoms with E-state index in [0.717, 1.165) is 30.8 Å². The molecular weight excluding hydrogens is 458 g/mol. The predicted octanol–water partition coefficient (Wildman–Crippen LogP) is 5.12. The first-order valence-corrected chi connectivity index (χ1v) is 13.7. The molecule has 4 atom stereocenters. The number of carbonyl (C=O) groups is 1. The Kier molecular flexibility index (Phi) is 10.7. The Morgan fingerprint density at radius 2 is 1.84 bits per heavy atom. The molecule has 200 valence electrons. The van der Waals surface area contributed by atoms with E-state index in [4.69, 9.17) is 0 Å². The largest absolute Gasteiger partial charge is 0.389 e. The molecule has 37 heavy (non-hydrogen) atoms. The van der Waals surface area contributed by atoms with Crippen LogP contribution in [-0.4, -0.2) is 76.1 Å². The molecule has 1 saturated heterocycles. The Bertz CT molecular complexity index is 1040. The second-order valence-corrected chi connectivity index (χ2v) is 10.2. The number of piperazine rings is 1. The molecular formula is C32H45N3O2. The molecule has 1 amide bonds. The summed E-state index contributed by atoms with van der Waals surface area (Å²) in [5, 5.41) is 10.5. The van der Waals surface area contributed by atoms with Crippen LogP contribution >= 0.6 is 0 Å². The highest BCUT2D eigenvalue weighted by atomic mass is 16.3. The third-order valence-electron chi connectivity index (χ3n) is 7.56. The van der Waals surface area contributed by atoms with Gasteiger partial charge in [0.1, 0.15) is 0 Å². The van der Waals surface area contributed by atoms with E-state index in [2.05, 4.69) is 78.8 Å². The van der Waals surface area contributed by atoms with Gasteiger partial charge in [-0.05, 0) is 63.8 Å². The molecule has 0 bridgehead atoms. The number of benzene rings is 1. The highest BCUT2D eigenvalue weighted by molar-refractivity contribution is 5.95. The minimum Gasteiger partial charge on any atom is -0.389 e. The standard InChI is InChI=1S/C32H45N3O2/c1-7-28(19-18-24(4)32(37)33(8-2)9-3)31(29-16-13-17-30(36)20-29)35-22-25(5)34(21-26(35)6)23-27-14-11-10-12-15-27/h7,10-16,18-20,25-26,30-31,36H,4,8-9,17,21-23H2,1-3,5-6H3. The first kappa shape index (κ1) is 28.8. The molecule has 0 saturated carbocycles. The number of aliphatic hydroxyl groups is 1. The summed E-state index contributed by atoms with van der Waals surface area (Å²) in [5.41, 5.74) is 4.03. The lowest BCUT2D eigenvalue weighted by atomic mass is 9.89. The number of rotatable bonds is 10. The van der Waals surface area contributed by atoms with Gasteiger partial charge in [-0.1, -0.05) is 67.3 Å². The van der Waals surface area contributed by atoms with Gasteiger partial charge in [-0.15, -0.1) is 0 Å². The van der Waals surface area contributed by atoms with E-state index >= 15 is 0 Å². The molecule has 1 heterocycles. The highest BCUT2D eigenvalue weighted by Crippen LogP contribution is 2.30. The Morgan fingerprint density at radius 1 is 1.14 bits per heavy atom. The third-order valence-corrected chi connectivity index (χ3v) is 7.56. The number of nitrogens with zero attached hydrogens (tertiary/aromatic N) is 3. The molecule has 3 rings (SSSR count). The topological polar surface area (TPSA) is 47.0 Å². The summed E-state index contributed by atoms with van der Waals surface area (Å²) in [5.74, 6) is -0.0306. The zero-order chi connectivity index (χ0) is 26.9. The van der Waals surface area contributed by atoms with Crippen LogP contribution in [0.2, 0.25) is 0 Å². The van der Waals surface area contributed by atoms with Crippen LogP contribution in [0.3, 0.4) is 0 Å². The van der Waals surface area contributed by atoms with Crippen LogP contribution < -0.4 is 0 Å². The van der Waals surface area contributed by atoms with Gasteiger partial charge in [-0.2, -0.15) is 0 Å². The van der Waals surface area contributed by atoms with Crippen LogP contribution in [0.25, 0.3) is 0 Å². The predicted molar refractivity (Wildman–Crippen MR) is 154 cm³/mol. The van der Waals surface area contributed by atoms with Crippen LogP contribution in [0.5, 0.6) is 0 Å². The lowest BCUT2D eigenvalue weighted by Gasteiger charge is -2.48. The maximum atomic E-state index is 12.8. The SMILES string of the molecule is C=C(C=CC(=CC)C(C1=CC(O)CC=C1)N1CC(C)N(Cc2ccccc2)CC1C)C(=O)N(CC)CC. The van der Waals surface area contributed by atoms with Gasteiger partial charge in [-0.25, -0.2) is 0 Å². The number of hydrogen-bond donors (Lipinski definition) is 1. The summed E-state index contributed by atoms with van der Waals surface area (Å²) in [4.78, 5) is 19.7. The normalized spacial score (nSPS) is 24.2. The second kappa shape index (κ2) is 13.7. The number of likely N-dealkylation sites (N-methyl/N-ethyl adjacent to an activating group) is 1. The molecule has 2 aliphatic rings. The van der Waals surface area contributed by atoms with Gasteiger partial charge in [0.25, 0.3) is 5.91 Å². The van der Waals surface area contributed by atoms with Crippen molar-refractivity contribution in [1.29, 1.82) is 0 Å². The summed E-state index contributed by atoms with van der Waals surface area (Å²) in [7, 11) is 0. The molecule has 0 radical (unpaired) electrons. The van der Waals surface area contributed by atoms with Crippen molar-refractivity contribution < 1.29 is 9.90 Å². The number of aliphatic hydroxyl groups excluding tert-OH is 1. The zero-order valence-electron chi connectivity index (χ0n) is 23.3. The van der Waals surface area contributed by atoms with Gasteiger partial charge in [0.2, 0.25) is 0 Å². The lowest BCUT2D eigenvalue weighted by Crippen LogP contribution is -2.59. The Morgan fingerprint density at radius 3 is 2.46 bits per heavy atom. The first-order chi connectivity index (χ1) is 17.8. The fraction of sp³-hybridized carbons (Fsp3) is 0.469. The minimum atomic E-state index is -0.476. The Hall–Kier alpha value is -2.73. The van der Waals surface area contributed by atoms with Gasteiger partial charge in [0, 0.05) is 50.4 Å². The molecule has 1 aliphatic carbocycles. The van der Waals surface area contributed by atoms with Gasteiger partial charge in [-0.3, -0.25) is 14.6 Å². The average molecular weight is 504 g/mol. The highest BCUT2D eigenvalue weighted by Gasteiger charge is 2.36. The van der Waals surface area contributed by atoms with Crippen LogP contribution in [0.15, 0.2) is 90.1 Å². The van der Waals surface area contributed by atoms with E-state index in [1.54, 1.807) is 4.90 Å². The molecule has 1 aromatic carbocycles. The molecule has 1 aromatic rings. The van der Waals surface area contributed by atoms with Gasteiger partial charge >= 0.3 is 0 Å². The van der Waals surface area contributed by atoms with Crippen molar-refractivity contribution in [3.8, 4) is 0 Å².